The summed E-state index contributed by atoms with van der Waals surface area (Å²) >= 11 is 0. The van der Waals surface area contributed by atoms with Gasteiger partial charge in [0, 0.05) is 19.1 Å². The van der Waals surface area contributed by atoms with Crippen molar-refractivity contribution >= 4 is 10.2 Å². The third-order valence-electron chi connectivity index (χ3n) is 3.37. The van der Waals surface area contributed by atoms with E-state index in [-0.39, 0.29) is 12.0 Å². The van der Waals surface area contributed by atoms with E-state index in [1.54, 1.807) is 4.31 Å². The molecule has 1 saturated heterocycles. The Hall–Kier alpha value is -0.170. The first-order valence-corrected chi connectivity index (χ1v) is 7.04. The zero-order valence-electron chi connectivity index (χ0n) is 8.85. The van der Waals surface area contributed by atoms with Gasteiger partial charge in [0.1, 0.15) is 0 Å². The highest BCUT2D eigenvalue weighted by Gasteiger charge is 2.36. The average Bonchev–Trinajstić information content (AvgIpc) is 2.70. The molecule has 0 aromatic carbocycles. The Balaban J connectivity index is 2.10. The molecule has 0 aromatic rings. The Bertz CT molecular complexity index is 311. The normalized spacial score (nSPS) is 33.3. The van der Waals surface area contributed by atoms with Crippen molar-refractivity contribution in [2.45, 2.75) is 31.7 Å². The van der Waals surface area contributed by atoms with Gasteiger partial charge in [-0.05, 0) is 25.3 Å². The Morgan fingerprint density at radius 1 is 1.33 bits per heavy atom. The van der Waals surface area contributed by atoms with Gasteiger partial charge in [-0.2, -0.15) is 12.7 Å². The lowest BCUT2D eigenvalue weighted by molar-refractivity contribution is 0.254. The minimum atomic E-state index is -3.22. The van der Waals surface area contributed by atoms with Crippen molar-refractivity contribution in [1.82, 2.24) is 9.03 Å². The zero-order valence-corrected chi connectivity index (χ0v) is 9.67. The van der Waals surface area contributed by atoms with Crippen molar-refractivity contribution in [3.63, 3.8) is 0 Å². The molecule has 0 aromatic heterocycles. The fourth-order valence-electron chi connectivity index (χ4n) is 2.42. The number of nitrogens with one attached hydrogen (secondary N) is 1. The van der Waals surface area contributed by atoms with E-state index in [9.17, 15) is 8.42 Å². The predicted molar refractivity (Wildman–Crippen MR) is 58.4 cm³/mol. The van der Waals surface area contributed by atoms with Gasteiger partial charge in [-0.15, -0.1) is 0 Å². The van der Waals surface area contributed by atoms with Gasteiger partial charge in [-0.1, -0.05) is 12.8 Å². The Morgan fingerprint density at radius 3 is 2.60 bits per heavy atom. The minimum Gasteiger partial charge on any atom is -0.330 e. The van der Waals surface area contributed by atoms with Crippen LogP contribution in [0.4, 0.5) is 0 Å². The van der Waals surface area contributed by atoms with Crippen LogP contribution in [0.25, 0.3) is 0 Å². The summed E-state index contributed by atoms with van der Waals surface area (Å²) in [5, 5.41) is 0. The van der Waals surface area contributed by atoms with Gasteiger partial charge in [-0.3, -0.25) is 0 Å². The standard InChI is InChI=1S/C9H19N3O2S/c10-5-8-6-11-15(13,14)12(7-8)9-3-1-2-4-9/h8-9,11H,1-7,10H2. The largest absolute Gasteiger partial charge is 0.330 e. The van der Waals surface area contributed by atoms with E-state index in [0.717, 1.165) is 25.7 Å². The van der Waals surface area contributed by atoms with Gasteiger partial charge < -0.3 is 5.73 Å². The van der Waals surface area contributed by atoms with Gasteiger partial charge >= 0.3 is 0 Å². The molecule has 88 valence electrons. The first-order valence-electron chi connectivity index (χ1n) is 5.60. The SMILES string of the molecule is NCC1CNS(=O)(=O)N(C2CCCC2)C1. The summed E-state index contributed by atoms with van der Waals surface area (Å²) in [5.41, 5.74) is 5.59. The Labute approximate surface area is 91.2 Å². The highest BCUT2D eigenvalue weighted by Crippen LogP contribution is 2.27. The molecular formula is C9H19N3O2S. The molecular weight excluding hydrogens is 214 g/mol. The number of hydrogen-bond acceptors (Lipinski definition) is 3. The lowest BCUT2D eigenvalue weighted by Gasteiger charge is -2.35. The molecule has 0 amide bonds. The van der Waals surface area contributed by atoms with Crippen LogP contribution in [-0.4, -0.2) is 38.4 Å². The van der Waals surface area contributed by atoms with Crippen LogP contribution in [0.3, 0.4) is 0 Å². The van der Waals surface area contributed by atoms with Crippen molar-refractivity contribution in [3.8, 4) is 0 Å². The van der Waals surface area contributed by atoms with Crippen LogP contribution in [0.5, 0.6) is 0 Å². The van der Waals surface area contributed by atoms with Crippen LogP contribution in [0.2, 0.25) is 0 Å². The quantitative estimate of drug-likeness (QED) is 0.685. The number of hydrogen-bond donors (Lipinski definition) is 2. The van der Waals surface area contributed by atoms with Crippen molar-refractivity contribution in [2.75, 3.05) is 19.6 Å². The smallest absolute Gasteiger partial charge is 0.279 e. The maximum Gasteiger partial charge on any atom is 0.279 e. The number of rotatable bonds is 2. The third-order valence-corrected chi connectivity index (χ3v) is 4.96. The minimum absolute atomic E-state index is 0.205. The van der Waals surface area contributed by atoms with Crippen LogP contribution >= 0.6 is 0 Å². The van der Waals surface area contributed by atoms with Crippen LogP contribution in [0, 0.1) is 5.92 Å². The molecule has 0 spiro atoms. The average molecular weight is 233 g/mol. The van der Waals surface area contributed by atoms with Gasteiger partial charge in [-0.25, -0.2) is 4.72 Å². The molecule has 2 aliphatic rings. The fraction of sp³-hybridized carbons (Fsp3) is 1.00. The van der Waals surface area contributed by atoms with Crippen molar-refractivity contribution in [1.29, 1.82) is 0 Å². The summed E-state index contributed by atoms with van der Waals surface area (Å²) in [7, 11) is -3.22. The lowest BCUT2D eigenvalue weighted by Crippen LogP contribution is -2.55. The first kappa shape index (κ1) is 11.3. The van der Waals surface area contributed by atoms with Gasteiger partial charge in [0.15, 0.2) is 0 Å². The lowest BCUT2D eigenvalue weighted by atomic mass is 10.1. The van der Waals surface area contributed by atoms with E-state index in [1.807, 2.05) is 0 Å². The summed E-state index contributed by atoms with van der Waals surface area (Å²) in [6.07, 6.45) is 4.28. The number of nitrogens with zero attached hydrogens (tertiary/aromatic N) is 1. The topological polar surface area (TPSA) is 75.4 Å². The molecule has 2 fully saturated rings. The first-order chi connectivity index (χ1) is 7.13. The second-order valence-electron chi connectivity index (χ2n) is 4.46. The molecule has 2 rings (SSSR count). The van der Waals surface area contributed by atoms with Gasteiger partial charge in [0.2, 0.25) is 0 Å². The molecule has 1 aliphatic heterocycles. The maximum atomic E-state index is 11.8. The van der Waals surface area contributed by atoms with Crippen LogP contribution < -0.4 is 10.5 Å². The van der Waals surface area contributed by atoms with Crippen molar-refractivity contribution in [3.05, 3.63) is 0 Å². The van der Waals surface area contributed by atoms with E-state index in [4.69, 9.17) is 5.73 Å². The van der Waals surface area contributed by atoms with E-state index < -0.39 is 10.2 Å². The maximum absolute atomic E-state index is 11.8. The molecule has 0 radical (unpaired) electrons. The molecule has 1 heterocycles. The molecule has 0 bridgehead atoms. The van der Waals surface area contributed by atoms with Crippen LogP contribution in [-0.2, 0) is 10.2 Å². The third kappa shape index (κ3) is 2.33. The van der Waals surface area contributed by atoms with Crippen LogP contribution in [0.1, 0.15) is 25.7 Å². The molecule has 15 heavy (non-hydrogen) atoms. The zero-order chi connectivity index (χ0) is 10.9. The summed E-state index contributed by atoms with van der Waals surface area (Å²) in [4.78, 5) is 0. The summed E-state index contributed by atoms with van der Waals surface area (Å²) < 4.78 is 27.8. The Kier molecular flexibility index (Phi) is 3.30. The Morgan fingerprint density at radius 2 is 2.00 bits per heavy atom. The second-order valence-corrected chi connectivity index (χ2v) is 6.17. The van der Waals surface area contributed by atoms with E-state index in [1.165, 1.54) is 0 Å². The molecule has 1 unspecified atom stereocenters. The molecule has 6 heteroatoms. The van der Waals surface area contributed by atoms with Gasteiger partial charge in [0.05, 0.1) is 0 Å². The molecule has 1 aliphatic carbocycles. The molecule has 3 N–H and O–H groups in total. The summed E-state index contributed by atoms with van der Waals surface area (Å²) in [6.45, 7) is 1.63. The van der Waals surface area contributed by atoms with Crippen molar-refractivity contribution < 1.29 is 8.42 Å². The highest BCUT2D eigenvalue weighted by atomic mass is 32.2. The monoisotopic (exact) mass is 233 g/mol. The van der Waals surface area contributed by atoms with Gasteiger partial charge in [0.25, 0.3) is 10.2 Å². The molecule has 5 nitrogen and oxygen atoms in total. The van der Waals surface area contributed by atoms with E-state index >= 15 is 0 Å². The molecule has 1 saturated carbocycles. The second kappa shape index (κ2) is 4.37. The van der Waals surface area contributed by atoms with Crippen molar-refractivity contribution in [2.24, 2.45) is 11.7 Å². The number of nitrogens with two attached hydrogens (primary N) is 1. The predicted octanol–water partition coefficient (Wildman–Crippen LogP) is -0.346. The van der Waals surface area contributed by atoms with E-state index in [2.05, 4.69) is 4.72 Å². The highest BCUT2D eigenvalue weighted by molar-refractivity contribution is 7.87. The summed E-state index contributed by atoms with van der Waals surface area (Å²) in [5.74, 6) is 0.258. The fourth-order valence-corrected chi connectivity index (χ4v) is 4.04. The van der Waals surface area contributed by atoms with E-state index in [0.29, 0.717) is 19.6 Å². The molecule has 1 atom stereocenters. The summed E-state index contributed by atoms with van der Waals surface area (Å²) in [6, 6.07) is 0.205. The van der Waals surface area contributed by atoms with Crippen LogP contribution in [0.15, 0.2) is 0 Å².